The average Bonchev–Trinajstić information content (AvgIpc) is 4.19. The van der Waals surface area contributed by atoms with Crippen LogP contribution in [0, 0.1) is 33.1 Å². The average molecular weight is 1040 g/mol. The number of furan rings is 1. The molecule has 7 aromatic rings. The maximum atomic E-state index is 14.4. The number of thiophene rings is 1. The lowest BCUT2D eigenvalue weighted by Gasteiger charge is -2.35. The minimum Gasteiger partial charge on any atom is -0.489 e. The van der Waals surface area contributed by atoms with Crippen molar-refractivity contribution in [1.29, 1.82) is 0 Å². The van der Waals surface area contributed by atoms with Gasteiger partial charge in [-0.1, -0.05) is 68.8 Å². The number of aryl methyl sites for hydroxylation is 3. The van der Waals surface area contributed by atoms with E-state index < -0.39 is 53.5 Å². The van der Waals surface area contributed by atoms with Gasteiger partial charge in [0.15, 0.2) is 11.6 Å². The fourth-order valence-corrected chi connectivity index (χ4v) is 11.5. The molecule has 4 N–H and O–H groups in total. The number of hydrogen-bond acceptors (Lipinski definition) is 13. The van der Waals surface area contributed by atoms with Crippen molar-refractivity contribution in [3.8, 4) is 21.2 Å². The number of benzene rings is 3. The number of amides is 4. The van der Waals surface area contributed by atoms with Crippen molar-refractivity contribution in [2.45, 2.75) is 112 Å². The van der Waals surface area contributed by atoms with Crippen LogP contribution in [0.25, 0.3) is 26.4 Å². The van der Waals surface area contributed by atoms with E-state index in [1.54, 1.807) is 46.9 Å². The molecule has 0 radical (unpaired) electrons. The van der Waals surface area contributed by atoms with E-state index in [0.717, 1.165) is 54.0 Å². The molecule has 16 nitrogen and oxygen atoms in total. The number of rotatable bonds is 14. The number of carbonyl (C=O) groups is 4. The van der Waals surface area contributed by atoms with Crippen molar-refractivity contribution in [2.24, 2.45) is 10.4 Å². The first-order valence-electron chi connectivity index (χ1n) is 24.2. The highest BCUT2D eigenvalue weighted by molar-refractivity contribution is 7.15. The summed E-state index contributed by atoms with van der Waals surface area (Å²) < 4.78 is 14.2. The zero-order valence-corrected chi connectivity index (χ0v) is 44.5. The molecule has 2 aliphatic heterocycles. The van der Waals surface area contributed by atoms with Crippen LogP contribution >= 0.6 is 34.3 Å². The van der Waals surface area contributed by atoms with Gasteiger partial charge >= 0.3 is 0 Å². The lowest BCUT2D eigenvalue weighted by Crippen LogP contribution is -2.57. The van der Waals surface area contributed by atoms with Crippen LogP contribution in [-0.4, -0.2) is 96.5 Å². The van der Waals surface area contributed by atoms with E-state index in [-0.39, 0.29) is 43.6 Å². The van der Waals surface area contributed by atoms with Gasteiger partial charge in [0.2, 0.25) is 17.7 Å². The summed E-state index contributed by atoms with van der Waals surface area (Å²) in [5.74, 6) is -0.0168. The smallest absolute Gasteiger partial charge is 0.287 e. The Morgan fingerprint density at radius 3 is 2.37 bits per heavy atom. The van der Waals surface area contributed by atoms with Crippen LogP contribution in [0.15, 0.2) is 87.7 Å². The third-order valence-electron chi connectivity index (χ3n) is 13.4. The molecular formula is C54H58ClN9O7S2. The third-order valence-corrected chi connectivity index (χ3v) is 15.8. The van der Waals surface area contributed by atoms with E-state index in [9.17, 15) is 24.3 Å². The van der Waals surface area contributed by atoms with Gasteiger partial charge in [0.05, 0.1) is 46.9 Å². The summed E-state index contributed by atoms with van der Waals surface area (Å²) in [6, 6.07) is 19.1. The first kappa shape index (κ1) is 51.2. The van der Waals surface area contributed by atoms with Crippen LogP contribution in [0.2, 0.25) is 5.02 Å². The van der Waals surface area contributed by atoms with Gasteiger partial charge in [-0.2, -0.15) is 0 Å². The molecule has 3 aromatic carbocycles. The van der Waals surface area contributed by atoms with Crippen LogP contribution in [0.5, 0.6) is 5.75 Å². The van der Waals surface area contributed by atoms with Crippen molar-refractivity contribution in [2.75, 3.05) is 13.1 Å². The highest BCUT2D eigenvalue weighted by Crippen LogP contribution is 2.40. The largest absolute Gasteiger partial charge is 0.489 e. The Bertz CT molecular complexity index is 3260. The second-order valence-corrected chi connectivity index (χ2v) is 22.4. The number of thiazole rings is 1. The Morgan fingerprint density at radius 2 is 1.67 bits per heavy atom. The maximum absolute atomic E-state index is 14.4. The molecule has 6 heterocycles. The van der Waals surface area contributed by atoms with Crippen molar-refractivity contribution >= 4 is 74.6 Å². The van der Waals surface area contributed by atoms with Gasteiger partial charge < -0.3 is 35.1 Å². The lowest BCUT2D eigenvalue weighted by molar-refractivity contribution is -0.142. The van der Waals surface area contributed by atoms with Crippen molar-refractivity contribution in [3.05, 3.63) is 134 Å². The fourth-order valence-electron chi connectivity index (χ4n) is 9.34. The van der Waals surface area contributed by atoms with Crippen LogP contribution in [0.3, 0.4) is 0 Å². The number of carbonyl (C=O) groups excluding carboxylic acids is 4. The highest BCUT2D eigenvalue weighted by Gasteiger charge is 2.45. The molecule has 0 unspecified atom stereocenters. The van der Waals surface area contributed by atoms with Crippen molar-refractivity contribution in [1.82, 2.24) is 40.6 Å². The second kappa shape index (κ2) is 20.6. The molecule has 4 amide bonds. The molecule has 0 spiro atoms. The molecule has 4 aromatic heterocycles. The fraction of sp³-hybridized carbons (Fsp3) is 0.370. The number of likely N-dealkylation sites (tertiary alicyclic amines) is 1. The SMILES string of the molecule is Cc1ncsc1-c1ccc([C@H](C)NC(=O)[C@@H]2C[C@@H](O)CN2C(=O)[C@@H](NC(=O)c2cc3cc(O[C@H](C)CNC(=O)C[C@@H]4N=C(c5ccc(Cl)cc5)c5c(sc(C)c5C)-n5c(C)nnc54)ccc3o2)C(C)(C)C)cc1. The minimum atomic E-state index is -1.08. The van der Waals surface area contributed by atoms with Crippen LogP contribution in [-0.2, 0) is 14.4 Å². The Hall–Kier alpha value is -6.73. The molecule has 9 rings (SSSR count). The van der Waals surface area contributed by atoms with Gasteiger partial charge in [-0.15, -0.1) is 32.9 Å². The quantitative estimate of drug-likeness (QED) is 0.0814. The van der Waals surface area contributed by atoms with E-state index in [2.05, 4.69) is 45.0 Å². The molecule has 6 atom stereocenters. The molecule has 19 heteroatoms. The molecule has 73 heavy (non-hydrogen) atoms. The first-order chi connectivity index (χ1) is 34.7. The number of aliphatic hydroxyl groups excluding tert-OH is 1. The standard InChI is InChI=1S/C54H58ClN9O7S2/c1-27(24-56-44(66)23-40-49-62-61-32(6)64(49)53-45(28(2)31(5)73-53)46(59-40)34-14-16-37(55)17-15-34)70-39-18-19-42-36(20-39)21-43(71-42)51(68)60-48(54(7,8)9)52(69)63-25-38(65)22-41(63)50(67)58-29(3)33-10-12-35(13-11-33)47-30(4)57-26-72-47/h10-21,26-27,29,38,40-41,48,65H,22-25H2,1-9H3,(H,56,66)(H,58,67)(H,60,68)/t27-,29+,38-,40+,41+,48-/m1/s1. The number of aromatic nitrogens is 4. The monoisotopic (exact) mass is 1040 g/mol. The number of nitrogens with zero attached hydrogens (tertiary/aromatic N) is 6. The number of fused-ring (bicyclic) bond motifs is 4. The molecule has 2 aliphatic rings. The number of aliphatic imine (C=N–C) groups is 1. The van der Waals surface area contributed by atoms with Crippen LogP contribution in [0.4, 0.5) is 0 Å². The zero-order valence-electron chi connectivity index (χ0n) is 42.1. The number of β-amino-alcohol motifs (C(OH)–C–C–N with tert-alkyl or cyclic N) is 1. The number of halogens is 1. The summed E-state index contributed by atoms with van der Waals surface area (Å²) in [5.41, 5.74) is 8.02. The molecule has 380 valence electrons. The van der Waals surface area contributed by atoms with Crippen LogP contribution < -0.4 is 20.7 Å². The summed E-state index contributed by atoms with van der Waals surface area (Å²) in [4.78, 5) is 68.9. The van der Waals surface area contributed by atoms with Gasteiger partial charge in [-0.25, -0.2) is 4.98 Å². The minimum absolute atomic E-state index is 0.0163. The van der Waals surface area contributed by atoms with E-state index in [4.69, 9.17) is 25.7 Å². The number of hydrogen-bond donors (Lipinski definition) is 4. The molecule has 0 aliphatic carbocycles. The number of nitrogens with one attached hydrogen (secondary N) is 3. The summed E-state index contributed by atoms with van der Waals surface area (Å²) in [7, 11) is 0. The Morgan fingerprint density at radius 1 is 0.945 bits per heavy atom. The first-order valence-corrected chi connectivity index (χ1v) is 26.2. The molecule has 1 fully saturated rings. The summed E-state index contributed by atoms with van der Waals surface area (Å²) in [6.07, 6.45) is -1.31. The van der Waals surface area contributed by atoms with Gasteiger partial charge in [0.1, 0.15) is 46.4 Å². The molecule has 1 saturated heterocycles. The Balaban J connectivity index is 0.828. The lowest BCUT2D eigenvalue weighted by atomic mass is 9.85. The Labute approximate surface area is 436 Å². The third kappa shape index (κ3) is 10.7. The molecular weight excluding hydrogens is 986 g/mol. The van der Waals surface area contributed by atoms with E-state index in [1.807, 2.05) is 107 Å². The number of ether oxygens (including phenoxy) is 1. The van der Waals surface area contributed by atoms with Gasteiger partial charge in [-0.05, 0) is 100 Å². The van der Waals surface area contributed by atoms with Crippen molar-refractivity contribution < 1.29 is 33.4 Å². The van der Waals surface area contributed by atoms with Gasteiger partial charge in [-0.3, -0.25) is 28.7 Å². The topological polar surface area (TPSA) is 206 Å². The highest BCUT2D eigenvalue weighted by atomic mass is 35.5. The predicted octanol–water partition coefficient (Wildman–Crippen LogP) is 8.94. The van der Waals surface area contributed by atoms with Gasteiger partial charge in [0.25, 0.3) is 5.91 Å². The van der Waals surface area contributed by atoms with E-state index in [1.165, 1.54) is 4.90 Å². The normalized spacial score (nSPS) is 17.8. The van der Waals surface area contributed by atoms with E-state index in [0.29, 0.717) is 33.4 Å². The van der Waals surface area contributed by atoms with Crippen molar-refractivity contribution in [3.63, 3.8) is 0 Å². The maximum Gasteiger partial charge on any atom is 0.287 e. The predicted molar refractivity (Wildman–Crippen MR) is 283 cm³/mol. The summed E-state index contributed by atoms with van der Waals surface area (Å²) in [6.45, 7) is 17.3. The Kier molecular flexibility index (Phi) is 14.5. The molecule has 0 bridgehead atoms. The van der Waals surface area contributed by atoms with E-state index >= 15 is 0 Å². The summed E-state index contributed by atoms with van der Waals surface area (Å²) >= 11 is 9.48. The number of aliphatic hydroxyl groups is 1. The molecule has 0 saturated carbocycles. The zero-order chi connectivity index (χ0) is 52.0. The van der Waals surface area contributed by atoms with Gasteiger partial charge in [0, 0.05) is 39.4 Å². The summed E-state index contributed by atoms with van der Waals surface area (Å²) in [5, 5.41) is 30.8. The van der Waals surface area contributed by atoms with Crippen LogP contribution in [0.1, 0.15) is 115 Å². The second-order valence-electron chi connectivity index (χ2n) is 19.9.